The Kier molecular flexibility index (Phi) is 6.47. The Balaban J connectivity index is 3.50. The lowest BCUT2D eigenvalue weighted by Gasteiger charge is -2.10. The van der Waals surface area contributed by atoms with E-state index in [1.54, 1.807) is 7.11 Å². The summed E-state index contributed by atoms with van der Waals surface area (Å²) in [4.78, 5) is 21.3. The van der Waals surface area contributed by atoms with E-state index >= 15 is 0 Å². The molecule has 0 radical (unpaired) electrons. The second kappa shape index (κ2) is 7.14. The highest BCUT2D eigenvalue weighted by Crippen LogP contribution is 1.82. The number of nitrogens with one attached hydrogen (secondary N) is 2. The van der Waals surface area contributed by atoms with Crippen LogP contribution in [-0.2, 0) is 9.53 Å². The average Bonchev–Trinajstić information content (AvgIpc) is 2.12. The third-order valence-electron chi connectivity index (χ3n) is 1.53. The maximum absolute atomic E-state index is 11.0. The van der Waals surface area contributed by atoms with E-state index < -0.39 is 18.0 Å². The molecular weight excluding hydrogens is 188 g/mol. The van der Waals surface area contributed by atoms with Gasteiger partial charge in [0.1, 0.15) is 6.04 Å². The van der Waals surface area contributed by atoms with Gasteiger partial charge in [-0.05, 0) is 13.3 Å². The van der Waals surface area contributed by atoms with E-state index in [4.69, 9.17) is 9.84 Å². The molecule has 0 saturated carbocycles. The average molecular weight is 204 g/mol. The second-order valence-electron chi connectivity index (χ2n) is 2.81. The SMILES string of the molecule is COCCCNC(=O)NC(C)C(=O)O. The number of aliphatic carboxylic acids is 1. The molecule has 0 fully saturated rings. The minimum Gasteiger partial charge on any atom is -0.480 e. The van der Waals surface area contributed by atoms with Gasteiger partial charge in [-0.25, -0.2) is 4.79 Å². The molecule has 0 saturated heterocycles. The van der Waals surface area contributed by atoms with Crippen LogP contribution in [0, 0.1) is 0 Å². The van der Waals surface area contributed by atoms with Crippen LogP contribution in [0.5, 0.6) is 0 Å². The molecule has 0 rings (SSSR count). The number of urea groups is 1. The molecule has 0 aliphatic rings. The fraction of sp³-hybridized carbons (Fsp3) is 0.750. The molecule has 82 valence electrons. The Labute approximate surface area is 82.6 Å². The molecule has 0 aromatic carbocycles. The Morgan fingerprint density at radius 2 is 2.14 bits per heavy atom. The Hall–Kier alpha value is -1.30. The van der Waals surface area contributed by atoms with Crippen molar-refractivity contribution in [1.29, 1.82) is 0 Å². The highest BCUT2D eigenvalue weighted by molar-refractivity contribution is 5.82. The molecule has 0 aliphatic carbocycles. The first-order valence-electron chi connectivity index (χ1n) is 4.34. The number of hydrogen-bond acceptors (Lipinski definition) is 3. The van der Waals surface area contributed by atoms with E-state index in [9.17, 15) is 9.59 Å². The first kappa shape index (κ1) is 12.7. The summed E-state index contributed by atoms with van der Waals surface area (Å²) in [6, 6.07) is -1.35. The van der Waals surface area contributed by atoms with Gasteiger partial charge in [0.25, 0.3) is 0 Å². The molecule has 2 amide bonds. The molecule has 0 aromatic heterocycles. The number of carboxylic acids is 1. The molecule has 1 unspecified atom stereocenters. The van der Waals surface area contributed by atoms with Gasteiger partial charge in [-0.15, -0.1) is 0 Å². The number of methoxy groups -OCH3 is 1. The van der Waals surface area contributed by atoms with E-state index in [1.165, 1.54) is 6.92 Å². The van der Waals surface area contributed by atoms with E-state index in [0.29, 0.717) is 19.6 Å². The van der Waals surface area contributed by atoms with E-state index in [2.05, 4.69) is 10.6 Å². The van der Waals surface area contributed by atoms with Crippen molar-refractivity contribution in [2.75, 3.05) is 20.3 Å². The van der Waals surface area contributed by atoms with Crippen LogP contribution in [0.1, 0.15) is 13.3 Å². The summed E-state index contributed by atoms with van der Waals surface area (Å²) in [5.41, 5.74) is 0. The predicted molar refractivity (Wildman–Crippen MR) is 50.1 cm³/mol. The first-order chi connectivity index (χ1) is 6.57. The van der Waals surface area contributed by atoms with Gasteiger partial charge in [-0.2, -0.15) is 0 Å². The number of carboxylic acid groups (broad SMARTS) is 1. The minimum absolute atomic E-state index is 0.464. The van der Waals surface area contributed by atoms with Crippen LogP contribution in [0.4, 0.5) is 4.79 Å². The monoisotopic (exact) mass is 204 g/mol. The van der Waals surface area contributed by atoms with Crippen LogP contribution >= 0.6 is 0 Å². The lowest BCUT2D eigenvalue weighted by molar-refractivity contribution is -0.138. The van der Waals surface area contributed by atoms with Crippen molar-refractivity contribution in [3.05, 3.63) is 0 Å². The van der Waals surface area contributed by atoms with Crippen molar-refractivity contribution in [3.8, 4) is 0 Å². The van der Waals surface area contributed by atoms with E-state index in [1.807, 2.05) is 0 Å². The summed E-state index contributed by atoms with van der Waals surface area (Å²) in [7, 11) is 1.58. The third kappa shape index (κ3) is 6.24. The van der Waals surface area contributed by atoms with Crippen LogP contribution in [0.3, 0.4) is 0 Å². The molecular formula is C8H16N2O4. The number of ether oxygens (including phenoxy) is 1. The van der Waals surface area contributed by atoms with Crippen LogP contribution in [0.15, 0.2) is 0 Å². The zero-order valence-electron chi connectivity index (χ0n) is 8.37. The Bertz CT molecular complexity index is 196. The molecule has 0 spiro atoms. The summed E-state index contributed by atoms with van der Waals surface area (Å²) in [5, 5.41) is 13.3. The molecule has 6 nitrogen and oxygen atoms in total. The van der Waals surface area contributed by atoms with Gasteiger partial charge in [-0.3, -0.25) is 4.79 Å². The Morgan fingerprint density at radius 1 is 1.50 bits per heavy atom. The molecule has 3 N–H and O–H groups in total. The Morgan fingerprint density at radius 3 is 2.64 bits per heavy atom. The zero-order valence-corrected chi connectivity index (χ0v) is 8.37. The van der Waals surface area contributed by atoms with Crippen molar-refractivity contribution >= 4 is 12.0 Å². The fourth-order valence-electron chi connectivity index (χ4n) is 0.728. The van der Waals surface area contributed by atoms with Gasteiger partial charge in [0, 0.05) is 20.3 Å². The molecule has 0 aromatic rings. The predicted octanol–water partition coefficient (Wildman–Crippen LogP) is -0.205. The van der Waals surface area contributed by atoms with Crippen molar-refractivity contribution in [2.45, 2.75) is 19.4 Å². The normalized spacial score (nSPS) is 11.9. The van der Waals surface area contributed by atoms with Crippen molar-refractivity contribution in [2.24, 2.45) is 0 Å². The standard InChI is InChI=1S/C8H16N2O4/c1-6(7(11)12)10-8(13)9-4-3-5-14-2/h6H,3-5H2,1-2H3,(H,11,12)(H2,9,10,13). The lowest BCUT2D eigenvalue weighted by atomic mass is 10.3. The summed E-state index contributed by atoms with van der Waals surface area (Å²) < 4.78 is 4.78. The summed E-state index contributed by atoms with van der Waals surface area (Å²) in [6.45, 7) is 2.43. The minimum atomic E-state index is -1.06. The van der Waals surface area contributed by atoms with Crippen molar-refractivity contribution in [1.82, 2.24) is 10.6 Å². The second-order valence-corrected chi connectivity index (χ2v) is 2.81. The van der Waals surface area contributed by atoms with Gasteiger partial charge in [0.15, 0.2) is 0 Å². The van der Waals surface area contributed by atoms with Crippen LogP contribution in [0.2, 0.25) is 0 Å². The molecule has 6 heteroatoms. The lowest BCUT2D eigenvalue weighted by Crippen LogP contribution is -2.44. The molecule has 0 bridgehead atoms. The maximum atomic E-state index is 11.0. The highest BCUT2D eigenvalue weighted by atomic mass is 16.5. The number of carbonyl (C=O) groups excluding carboxylic acids is 1. The fourth-order valence-corrected chi connectivity index (χ4v) is 0.728. The van der Waals surface area contributed by atoms with Gasteiger partial charge < -0.3 is 20.5 Å². The largest absolute Gasteiger partial charge is 0.480 e. The summed E-state index contributed by atoms with van der Waals surface area (Å²) >= 11 is 0. The number of hydrogen-bond donors (Lipinski definition) is 3. The molecule has 0 heterocycles. The molecule has 1 atom stereocenters. The van der Waals surface area contributed by atoms with E-state index in [0.717, 1.165) is 0 Å². The van der Waals surface area contributed by atoms with Gasteiger partial charge in [-0.1, -0.05) is 0 Å². The van der Waals surface area contributed by atoms with Crippen LogP contribution in [0.25, 0.3) is 0 Å². The van der Waals surface area contributed by atoms with Gasteiger partial charge in [0.05, 0.1) is 0 Å². The first-order valence-corrected chi connectivity index (χ1v) is 4.34. The number of carbonyl (C=O) groups is 2. The quantitative estimate of drug-likeness (QED) is 0.523. The van der Waals surface area contributed by atoms with Crippen LogP contribution in [-0.4, -0.2) is 43.4 Å². The van der Waals surface area contributed by atoms with Gasteiger partial charge >= 0.3 is 12.0 Å². The van der Waals surface area contributed by atoms with Crippen molar-refractivity contribution in [3.63, 3.8) is 0 Å². The summed E-state index contributed by atoms with van der Waals surface area (Å²) in [5.74, 6) is -1.06. The molecule has 14 heavy (non-hydrogen) atoms. The van der Waals surface area contributed by atoms with Gasteiger partial charge in [0.2, 0.25) is 0 Å². The highest BCUT2D eigenvalue weighted by Gasteiger charge is 2.12. The van der Waals surface area contributed by atoms with Crippen LogP contribution < -0.4 is 10.6 Å². The maximum Gasteiger partial charge on any atom is 0.325 e. The zero-order chi connectivity index (χ0) is 11.0. The number of rotatable bonds is 6. The summed E-state index contributed by atoms with van der Waals surface area (Å²) in [6.07, 6.45) is 0.700. The van der Waals surface area contributed by atoms with E-state index in [-0.39, 0.29) is 0 Å². The van der Waals surface area contributed by atoms with Crippen molar-refractivity contribution < 1.29 is 19.4 Å². The number of amides is 2. The molecule has 0 aliphatic heterocycles. The third-order valence-corrected chi connectivity index (χ3v) is 1.53. The topological polar surface area (TPSA) is 87.7 Å². The smallest absolute Gasteiger partial charge is 0.325 e.